The molecule has 4 aliphatic carbocycles. The van der Waals surface area contributed by atoms with Crippen LogP contribution in [0.2, 0.25) is 0 Å². The molecular formula is C23H28O8. The highest BCUT2D eigenvalue weighted by atomic mass is 16.6. The third-order valence-corrected chi connectivity index (χ3v) is 9.21. The summed E-state index contributed by atoms with van der Waals surface area (Å²) in [7, 11) is 0. The summed E-state index contributed by atoms with van der Waals surface area (Å²) in [5, 5.41) is 12.1. The average molecular weight is 432 g/mol. The largest absolute Gasteiger partial charge is 0.461 e. The van der Waals surface area contributed by atoms with Gasteiger partial charge in [-0.15, -0.1) is 0 Å². The number of ether oxygens (including phenoxy) is 3. The monoisotopic (exact) mass is 432 g/mol. The van der Waals surface area contributed by atoms with Gasteiger partial charge in [-0.3, -0.25) is 14.4 Å². The van der Waals surface area contributed by atoms with Crippen LogP contribution in [0.15, 0.2) is 12.2 Å². The topological polar surface area (TPSA) is 116 Å². The Hall–Kier alpha value is -2.22. The Kier molecular flexibility index (Phi) is 3.84. The van der Waals surface area contributed by atoms with Crippen LogP contribution in [0.25, 0.3) is 0 Å². The van der Waals surface area contributed by atoms with Gasteiger partial charge in [0.25, 0.3) is 0 Å². The molecule has 1 aliphatic heterocycles. The van der Waals surface area contributed by atoms with Gasteiger partial charge in [0.05, 0.1) is 5.92 Å². The van der Waals surface area contributed by atoms with E-state index in [2.05, 4.69) is 6.58 Å². The van der Waals surface area contributed by atoms with Crippen molar-refractivity contribution in [1.29, 1.82) is 0 Å². The van der Waals surface area contributed by atoms with Crippen molar-refractivity contribution < 1.29 is 38.5 Å². The maximum Gasteiger partial charge on any atom is 0.316 e. The number of aldehydes is 1. The van der Waals surface area contributed by atoms with E-state index in [-0.39, 0.29) is 12.3 Å². The van der Waals surface area contributed by atoms with Crippen molar-refractivity contribution in [3.8, 4) is 0 Å². The number of carbonyl (C=O) groups excluding carboxylic acids is 4. The van der Waals surface area contributed by atoms with Gasteiger partial charge in [-0.1, -0.05) is 6.58 Å². The van der Waals surface area contributed by atoms with E-state index in [0.717, 1.165) is 0 Å². The van der Waals surface area contributed by atoms with Crippen molar-refractivity contribution in [2.24, 2.45) is 22.7 Å². The molecule has 1 N–H and O–H groups in total. The van der Waals surface area contributed by atoms with Crippen LogP contribution in [0.1, 0.15) is 59.3 Å². The van der Waals surface area contributed by atoms with Gasteiger partial charge in [0.2, 0.25) is 0 Å². The number of hydrogen-bond donors (Lipinski definition) is 1. The standard InChI is InChI=1S/C23H28O8/c1-12-9-20-10-21(12,30-14(3)26)7-5-15(20)22-8-6-16(29-13(2)25)19(4,18(27)31-22)17(22)23(20,28)11-24/h11,15-17,28H,1,5-10H2,2-4H3/t15-,16+,17-,19+,20+,21+,22-,23+/m1/s1. The number of hydrogen-bond acceptors (Lipinski definition) is 8. The first-order chi connectivity index (χ1) is 14.4. The molecule has 0 radical (unpaired) electrons. The molecule has 1 spiro atoms. The number of carbonyl (C=O) groups is 4. The third-order valence-electron chi connectivity index (χ3n) is 9.21. The molecule has 5 rings (SSSR count). The molecule has 5 aliphatic rings. The molecule has 168 valence electrons. The Balaban J connectivity index is 1.69. The van der Waals surface area contributed by atoms with Crippen molar-refractivity contribution in [3.05, 3.63) is 12.2 Å². The van der Waals surface area contributed by atoms with Crippen LogP contribution < -0.4 is 0 Å². The maximum absolute atomic E-state index is 13.2. The summed E-state index contributed by atoms with van der Waals surface area (Å²) in [6.45, 7) is 8.42. The van der Waals surface area contributed by atoms with Gasteiger partial charge in [0.1, 0.15) is 28.3 Å². The van der Waals surface area contributed by atoms with E-state index in [1.807, 2.05) is 0 Å². The van der Waals surface area contributed by atoms with Crippen LogP contribution in [0.4, 0.5) is 0 Å². The minimum atomic E-state index is -1.91. The van der Waals surface area contributed by atoms with Gasteiger partial charge >= 0.3 is 17.9 Å². The lowest BCUT2D eigenvalue weighted by Gasteiger charge is -2.47. The van der Waals surface area contributed by atoms with Gasteiger partial charge in [0.15, 0.2) is 6.29 Å². The predicted molar refractivity (Wildman–Crippen MR) is 104 cm³/mol. The molecule has 8 nitrogen and oxygen atoms in total. The molecule has 31 heavy (non-hydrogen) atoms. The predicted octanol–water partition coefficient (Wildman–Crippen LogP) is 1.62. The summed E-state index contributed by atoms with van der Waals surface area (Å²) in [5.74, 6) is -2.64. The van der Waals surface area contributed by atoms with E-state index in [1.54, 1.807) is 6.92 Å². The van der Waals surface area contributed by atoms with Crippen molar-refractivity contribution in [2.45, 2.75) is 82.2 Å². The molecular weight excluding hydrogens is 404 g/mol. The van der Waals surface area contributed by atoms with E-state index in [1.165, 1.54) is 13.8 Å². The molecule has 0 unspecified atom stereocenters. The molecule has 4 bridgehead atoms. The number of esters is 3. The molecule has 1 saturated heterocycles. The smallest absolute Gasteiger partial charge is 0.316 e. The summed E-state index contributed by atoms with van der Waals surface area (Å²) in [6, 6.07) is 0. The van der Waals surface area contributed by atoms with E-state index < -0.39 is 57.6 Å². The number of aliphatic hydroxyl groups is 1. The Bertz CT molecular complexity index is 942. The second-order valence-electron chi connectivity index (χ2n) is 10.4. The zero-order valence-electron chi connectivity index (χ0n) is 18.1. The fourth-order valence-electron chi connectivity index (χ4n) is 8.38. The molecule has 0 aromatic rings. The van der Waals surface area contributed by atoms with Gasteiger partial charge in [0, 0.05) is 31.6 Å². The molecule has 5 fully saturated rings. The molecule has 8 heteroatoms. The number of fused-ring (bicyclic) bond motifs is 1. The van der Waals surface area contributed by atoms with Crippen LogP contribution in [0.5, 0.6) is 0 Å². The Morgan fingerprint density at radius 2 is 1.94 bits per heavy atom. The number of rotatable bonds is 3. The lowest BCUT2D eigenvalue weighted by Crippen LogP contribution is -2.61. The van der Waals surface area contributed by atoms with Crippen LogP contribution in [-0.4, -0.2) is 52.2 Å². The lowest BCUT2D eigenvalue weighted by molar-refractivity contribution is -0.184. The summed E-state index contributed by atoms with van der Waals surface area (Å²) in [4.78, 5) is 49.5. The molecule has 0 aromatic heterocycles. The summed E-state index contributed by atoms with van der Waals surface area (Å²) >= 11 is 0. The highest BCUT2D eigenvalue weighted by molar-refractivity contribution is 5.86. The van der Waals surface area contributed by atoms with Crippen LogP contribution in [0.3, 0.4) is 0 Å². The maximum atomic E-state index is 13.2. The zero-order chi connectivity index (χ0) is 22.6. The summed E-state index contributed by atoms with van der Waals surface area (Å²) in [6.07, 6.45) is 2.17. The quantitative estimate of drug-likeness (QED) is 0.310. The first-order valence-electron chi connectivity index (χ1n) is 10.9. The Morgan fingerprint density at radius 1 is 1.23 bits per heavy atom. The normalized spacial score (nSPS) is 51.5. The zero-order valence-corrected chi connectivity index (χ0v) is 18.1. The van der Waals surface area contributed by atoms with Crippen LogP contribution >= 0.6 is 0 Å². The fraction of sp³-hybridized carbons (Fsp3) is 0.739. The van der Waals surface area contributed by atoms with Crippen molar-refractivity contribution in [1.82, 2.24) is 0 Å². The van der Waals surface area contributed by atoms with Gasteiger partial charge in [-0.2, -0.15) is 0 Å². The first-order valence-corrected chi connectivity index (χ1v) is 10.9. The van der Waals surface area contributed by atoms with E-state index in [4.69, 9.17) is 14.2 Å². The SMILES string of the molecule is C=C1C[C@]23C[C@@]1(OC(C)=O)CC[C@H]2[C@@]12CC[C@H](OC(C)=O)[C@](C)(C(=O)O1)[C@H]2[C@@]3(O)C=O. The molecule has 8 atom stereocenters. The molecule has 0 aromatic carbocycles. The van der Waals surface area contributed by atoms with Gasteiger partial charge in [-0.25, -0.2) is 0 Å². The van der Waals surface area contributed by atoms with E-state index in [0.29, 0.717) is 44.0 Å². The van der Waals surface area contributed by atoms with E-state index in [9.17, 15) is 24.3 Å². The van der Waals surface area contributed by atoms with Crippen molar-refractivity contribution in [3.63, 3.8) is 0 Å². The fourth-order valence-corrected chi connectivity index (χ4v) is 8.38. The molecule has 1 heterocycles. The Morgan fingerprint density at radius 3 is 2.55 bits per heavy atom. The second kappa shape index (κ2) is 5.77. The van der Waals surface area contributed by atoms with Gasteiger partial charge in [-0.05, 0) is 44.6 Å². The van der Waals surface area contributed by atoms with Crippen molar-refractivity contribution >= 4 is 24.2 Å². The van der Waals surface area contributed by atoms with Crippen LogP contribution in [-0.2, 0) is 33.4 Å². The molecule has 0 amide bonds. The minimum Gasteiger partial charge on any atom is -0.461 e. The van der Waals surface area contributed by atoms with Gasteiger partial charge < -0.3 is 24.1 Å². The Labute approximate surface area is 180 Å². The molecule has 4 saturated carbocycles. The van der Waals surface area contributed by atoms with Crippen LogP contribution in [0, 0.1) is 22.7 Å². The lowest BCUT2D eigenvalue weighted by atomic mass is 9.57. The average Bonchev–Trinajstić information content (AvgIpc) is 3.08. The third kappa shape index (κ3) is 2.06. The minimum absolute atomic E-state index is 0.266. The highest BCUT2D eigenvalue weighted by Gasteiger charge is 2.88. The van der Waals surface area contributed by atoms with Crippen molar-refractivity contribution in [2.75, 3.05) is 0 Å². The first kappa shape index (κ1) is 20.7. The van der Waals surface area contributed by atoms with E-state index >= 15 is 0 Å². The summed E-state index contributed by atoms with van der Waals surface area (Å²) in [5.41, 5.74) is -5.49. The summed E-state index contributed by atoms with van der Waals surface area (Å²) < 4.78 is 17.3. The second-order valence-corrected chi connectivity index (χ2v) is 10.4. The highest BCUT2D eigenvalue weighted by Crippen LogP contribution is 2.79.